The number of amides is 2. The number of phenols is 1. The van der Waals surface area contributed by atoms with E-state index >= 15 is 0 Å². The highest BCUT2D eigenvalue weighted by Gasteiger charge is 2.74. The van der Waals surface area contributed by atoms with Crippen molar-refractivity contribution in [3.8, 4) is 11.4 Å². The minimum Gasteiger partial charge on any atom is -0.505 e. The summed E-state index contributed by atoms with van der Waals surface area (Å²) in [6.07, 6.45) is 1.40. The predicted octanol–water partition coefficient (Wildman–Crippen LogP) is 2.27. The van der Waals surface area contributed by atoms with Gasteiger partial charge in [-0.2, -0.15) is 0 Å². The second-order valence-electron chi connectivity index (χ2n) is 9.41. The van der Waals surface area contributed by atoms with Gasteiger partial charge in [0.05, 0.1) is 18.3 Å². The van der Waals surface area contributed by atoms with E-state index in [1.54, 1.807) is 36.4 Å². The third-order valence-corrected chi connectivity index (χ3v) is 9.01. The molecule has 3 heterocycles. The Kier molecular flexibility index (Phi) is 4.93. The van der Waals surface area contributed by atoms with Gasteiger partial charge in [0.1, 0.15) is 0 Å². The highest BCUT2D eigenvalue weighted by atomic mass is 35.5. The Labute approximate surface area is 218 Å². The van der Waals surface area contributed by atoms with Crippen LogP contribution in [0.1, 0.15) is 23.9 Å². The summed E-state index contributed by atoms with van der Waals surface area (Å²) >= 11 is 14.0. The molecule has 1 aliphatic carbocycles. The van der Waals surface area contributed by atoms with Crippen LogP contribution in [0.4, 0.5) is 4.39 Å². The van der Waals surface area contributed by atoms with Crippen LogP contribution < -0.4 is 11.4 Å². The van der Waals surface area contributed by atoms with Gasteiger partial charge in [-0.3, -0.25) is 14.5 Å². The lowest BCUT2D eigenvalue weighted by Crippen LogP contribution is -2.59. The highest BCUT2D eigenvalue weighted by molar-refractivity contribution is 6.53. The number of imide groups is 1. The highest BCUT2D eigenvalue weighted by Crippen LogP contribution is 2.63. The molecule has 0 bridgehead atoms. The van der Waals surface area contributed by atoms with E-state index in [9.17, 15) is 28.7 Å². The first-order chi connectivity index (χ1) is 17.5. The van der Waals surface area contributed by atoms with Gasteiger partial charge >= 0.3 is 11.4 Å². The van der Waals surface area contributed by atoms with Crippen LogP contribution in [0.2, 0.25) is 0 Å². The van der Waals surface area contributed by atoms with Gasteiger partial charge < -0.3 is 5.11 Å². The summed E-state index contributed by atoms with van der Waals surface area (Å²) in [6.45, 7) is -0.0307. The molecule has 12 heteroatoms. The van der Waals surface area contributed by atoms with Crippen LogP contribution in [-0.2, 0) is 16.1 Å². The maximum atomic E-state index is 14.5. The first-order valence-corrected chi connectivity index (χ1v) is 12.2. The number of nitrogens with zero attached hydrogens (tertiary/aromatic N) is 4. The molecule has 37 heavy (non-hydrogen) atoms. The number of rotatable bonds is 2. The molecular weight excluding hydrogens is 526 g/mol. The number of aromatic hydroxyl groups is 1. The number of hydrogen-bond acceptors (Lipinski definition) is 5. The maximum absolute atomic E-state index is 14.5. The van der Waals surface area contributed by atoms with Crippen LogP contribution in [-0.4, -0.2) is 52.5 Å². The van der Waals surface area contributed by atoms with Crippen LogP contribution in [0.25, 0.3) is 5.69 Å². The Morgan fingerprint density at radius 3 is 2.38 bits per heavy atom. The van der Waals surface area contributed by atoms with Crippen molar-refractivity contribution in [2.45, 2.75) is 34.7 Å². The molecular formula is C25H19Cl2FN4O5. The summed E-state index contributed by atoms with van der Waals surface area (Å²) in [6, 6.07) is 11.0. The second kappa shape index (κ2) is 7.69. The standard InChI is InChI=1S/C25H19Cl2FN4O5/c1-29-20(34)24(26)12-17-15(19(25(24,27)21(29)35)13-7-8-18(33)16(28)11-13)9-10-30-22(36)31(23(37)32(17)30)14-5-3-2-4-6-14/h2-9,11,17,19,33H,10,12H2,1H3/t17-,19+,24-,25+/m1/s1. The van der Waals surface area contributed by atoms with Crippen LogP contribution in [0.3, 0.4) is 0 Å². The Bertz CT molecular complexity index is 1660. The molecule has 1 saturated carbocycles. The molecule has 1 N–H and O–H groups in total. The molecule has 1 saturated heterocycles. The minimum absolute atomic E-state index is 0.0307. The van der Waals surface area contributed by atoms with Crippen LogP contribution in [0.15, 0.2) is 69.8 Å². The van der Waals surface area contributed by atoms with Gasteiger partial charge in [0.25, 0.3) is 11.8 Å². The van der Waals surface area contributed by atoms with Gasteiger partial charge in [-0.15, -0.1) is 23.2 Å². The first-order valence-electron chi connectivity index (χ1n) is 11.4. The Morgan fingerprint density at radius 2 is 1.70 bits per heavy atom. The number of halogens is 3. The van der Waals surface area contributed by atoms with Gasteiger partial charge in [0, 0.05) is 19.4 Å². The zero-order chi connectivity index (χ0) is 26.4. The maximum Gasteiger partial charge on any atom is 0.352 e. The lowest BCUT2D eigenvalue weighted by atomic mass is 9.64. The average molecular weight is 545 g/mol. The number of aromatic nitrogens is 3. The topological polar surface area (TPSA) is 107 Å². The van der Waals surface area contributed by atoms with Gasteiger partial charge in [-0.1, -0.05) is 30.3 Å². The normalized spacial score (nSPS) is 28.5. The molecule has 2 fully saturated rings. The van der Waals surface area contributed by atoms with E-state index in [-0.39, 0.29) is 18.5 Å². The molecule has 4 atom stereocenters. The van der Waals surface area contributed by atoms with Gasteiger partial charge in [-0.05, 0) is 35.4 Å². The third-order valence-electron chi connectivity index (χ3n) is 7.60. The molecule has 1 aromatic heterocycles. The quantitative estimate of drug-likeness (QED) is 0.302. The Balaban J connectivity index is 1.62. The molecule has 2 aromatic carbocycles. The lowest BCUT2D eigenvalue weighted by molar-refractivity contribution is -0.137. The number of phenolic OH excluding ortho intramolecular Hbond substituents is 1. The van der Waals surface area contributed by atoms with E-state index in [1.165, 1.54) is 22.5 Å². The van der Waals surface area contributed by atoms with Crippen molar-refractivity contribution in [1.82, 2.24) is 18.8 Å². The van der Waals surface area contributed by atoms with Gasteiger partial charge in [0.15, 0.2) is 21.3 Å². The largest absolute Gasteiger partial charge is 0.505 e. The lowest BCUT2D eigenvalue weighted by Gasteiger charge is -2.49. The molecule has 9 nitrogen and oxygen atoms in total. The number of alkyl halides is 2. The van der Waals surface area contributed by atoms with E-state index in [1.807, 2.05) is 0 Å². The third kappa shape index (κ3) is 2.85. The molecule has 0 unspecified atom stereocenters. The molecule has 3 aliphatic rings. The zero-order valence-electron chi connectivity index (χ0n) is 19.3. The monoisotopic (exact) mass is 544 g/mol. The van der Waals surface area contributed by atoms with Crippen LogP contribution >= 0.6 is 23.2 Å². The van der Waals surface area contributed by atoms with E-state index < -0.39 is 56.5 Å². The van der Waals surface area contributed by atoms with E-state index in [4.69, 9.17) is 23.2 Å². The first kappa shape index (κ1) is 23.7. The van der Waals surface area contributed by atoms with E-state index in [0.29, 0.717) is 11.3 Å². The second-order valence-corrected chi connectivity index (χ2v) is 10.7. The van der Waals surface area contributed by atoms with Crippen molar-refractivity contribution >= 4 is 35.0 Å². The molecule has 0 radical (unpaired) electrons. The van der Waals surface area contributed by atoms with Crippen molar-refractivity contribution in [1.29, 1.82) is 0 Å². The fraction of sp³-hybridized carbons (Fsp3) is 0.280. The molecule has 0 spiro atoms. The number of carbonyl (C=O) groups is 2. The summed E-state index contributed by atoms with van der Waals surface area (Å²) in [5.41, 5.74) is -0.249. The van der Waals surface area contributed by atoms with E-state index in [0.717, 1.165) is 21.6 Å². The van der Waals surface area contributed by atoms with Crippen molar-refractivity contribution < 1.29 is 19.1 Å². The van der Waals surface area contributed by atoms with Crippen LogP contribution in [0, 0.1) is 5.82 Å². The number of fused-ring (bicyclic) bond motifs is 4. The van der Waals surface area contributed by atoms with Crippen molar-refractivity contribution in [3.05, 3.63) is 92.5 Å². The molecule has 2 aliphatic heterocycles. The smallest absolute Gasteiger partial charge is 0.352 e. The Hall–Kier alpha value is -3.63. The van der Waals surface area contributed by atoms with Crippen molar-refractivity contribution in [2.24, 2.45) is 0 Å². The van der Waals surface area contributed by atoms with Crippen LogP contribution in [0.5, 0.6) is 5.75 Å². The summed E-state index contributed by atoms with van der Waals surface area (Å²) in [5.74, 6) is -4.22. The molecule has 6 rings (SSSR count). The number of allylic oxidation sites excluding steroid dienone is 2. The summed E-state index contributed by atoms with van der Waals surface area (Å²) < 4.78 is 18.0. The summed E-state index contributed by atoms with van der Waals surface area (Å²) in [4.78, 5) is 50.5. The fourth-order valence-corrected chi connectivity index (χ4v) is 6.88. The molecule has 190 valence electrons. The fourth-order valence-electron chi connectivity index (χ4n) is 5.88. The van der Waals surface area contributed by atoms with Gasteiger partial charge in [-0.25, -0.2) is 27.9 Å². The average Bonchev–Trinajstić information content (AvgIpc) is 3.21. The van der Waals surface area contributed by atoms with E-state index in [2.05, 4.69) is 0 Å². The zero-order valence-corrected chi connectivity index (χ0v) is 20.8. The minimum atomic E-state index is -2.04. The SMILES string of the molecule is CN1C(=O)[C@]2(Cl)C[C@@H]3C(=CCn4c(=O)n(-c5ccccc5)c(=O)n43)[C@H](c3ccc(O)c(F)c3)[C@]2(Cl)C1=O. The van der Waals surface area contributed by atoms with Crippen molar-refractivity contribution in [3.63, 3.8) is 0 Å². The number of para-hydroxylation sites is 1. The number of hydrogen-bond donors (Lipinski definition) is 1. The van der Waals surface area contributed by atoms with Crippen molar-refractivity contribution in [2.75, 3.05) is 7.05 Å². The summed E-state index contributed by atoms with van der Waals surface area (Å²) in [5, 5.41) is 9.76. The predicted molar refractivity (Wildman–Crippen MR) is 132 cm³/mol. The Morgan fingerprint density at radius 1 is 1.00 bits per heavy atom. The molecule has 3 aromatic rings. The van der Waals surface area contributed by atoms with Gasteiger partial charge in [0.2, 0.25) is 0 Å². The molecule has 2 amide bonds. The number of carbonyl (C=O) groups excluding carboxylic acids is 2. The summed E-state index contributed by atoms with van der Waals surface area (Å²) in [7, 11) is 1.26. The number of likely N-dealkylation sites (tertiary alicyclic amines) is 1. The number of benzene rings is 2.